The topological polar surface area (TPSA) is 70.1 Å². The van der Waals surface area contributed by atoms with E-state index in [1.54, 1.807) is 23.2 Å². The lowest BCUT2D eigenvalue weighted by atomic mass is 10.1. The number of ether oxygens (including phenoxy) is 1. The third-order valence-electron chi connectivity index (χ3n) is 3.58. The van der Waals surface area contributed by atoms with Crippen LogP contribution in [0.4, 0.5) is 4.79 Å². The highest BCUT2D eigenvalue weighted by Gasteiger charge is 2.31. The number of carbonyl (C=O) groups excluding carboxylic acids is 1. The molecule has 0 aromatic heterocycles. The van der Waals surface area contributed by atoms with E-state index in [2.05, 4.69) is 0 Å². The summed E-state index contributed by atoms with van der Waals surface area (Å²) in [6.07, 6.45) is 4.19. The monoisotopic (exact) mass is 318 g/mol. The normalized spacial score (nSPS) is 16.3. The molecule has 1 aromatic carbocycles. The van der Waals surface area contributed by atoms with Crippen LogP contribution in [0, 0.1) is 0 Å². The Bertz CT molecular complexity index is 594. The number of benzene rings is 1. The van der Waals surface area contributed by atoms with Crippen molar-refractivity contribution in [1.82, 2.24) is 9.80 Å². The minimum atomic E-state index is -1.01. The Morgan fingerprint density at radius 3 is 2.57 bits per heavy atom. The summed E-state index contributed by atoms with van der Waals surface area (Å²) in [6, 6.07) is 6.33. The number of carbonyl (C=O) groups is 2. The van der Waals surface area contributed by atoms with Gasteiger partial charge in [-0.1, -0.05) is 26.0 Å². The lowest BCUT2D eigenvalue weighted by Crippen LogP contribution is -2.42. The molecule has 1 atom stereocenters. The average Bonchev–Trinajstić information content (AvgIpc) is 3.03. The van der Waals surface area contributed by atoms with Crippen LogP contribution in [0.2, 0.25) is 0 Å². The highest BCUT2D eigenvalue weighted by molar-refractivity contribution is 5.87. The number of hydrogen-bond acceptors (Lipinski definition) is 3. The van der Waals surface area contributed by atoms with Gasteiger partial charge in [0.25, 0.3) is 0 Å². The Kier molecular flexibility index (Phi) is 5.62. The molecule has 0 radical (unpaired) electrons. The lowest BCUT2D eigenvalue weighted by Gasteiger charge is -2.30. The van der Waals surface area contributed by atoms with E-state index in [1.165, 1.54) is 23.3 Å². The van der Waals surface area contributed by atoms with Crippen LogP contribution in [0.25, 0.3) is 0 Å². The van der Waals surface area contributed by atoms with Gasteiger partial charge in [0.05, 0.1) is 5.56 Å². The smallest absolute Gasteiger partial charge is 0.335 e. The minimum Gasteiger partial charge on any atom is -0.478 e. The quantitative estimate of drug-likeness (QED) is 0.872. The Hall–Kier alpha value is -2.50. The van der Waals surface area contributed by atoms with E-state index in [0.717, 1.165) is 12.8 Å². The highest BCUT2D eigenvalue weighted by Crippen LogP contribution is 2.29. The molecule has 124 valence electrons. The van der Waals surface area contributed by atoms with Gasteiger partial charge >= 0.3 is 12.0 Å². The van der Waals surface area contributed by atoms with Crippen LogP contribution < -0.4 is 0 Å². The van der Waals surface area contributed by atoms with E-state index < -0.39 is 12.2 Å². The molecule has 1 aliphatic rings. The molecule has 6 nitrogen and oxygen atoms in total. The molecule has 1 aliphatic heterocycles. The summed E-state index contributed by atoms with van der Waals surface area (Å²) < 4.78 is 5.52. The van der Waals surface area contributed by atoms with Crippen LogP contribution >= 0.6 is 0 Å². The van der Waals surface area contributed by atoms with E-state index in [9.17, 15) is 9.59 Å². The second kappa shape index (κ2) is 7.67. The van der Waals surface area contributed by atoms with E-state index in [0.29, 0.717) is 18.7 Å². The molecule has 0 saturated heterocycles. The second-order valence-corrected chi connectivity index (χ2v) is 5.38. The number of carboxylic acid groups (broad SMARTS) is 1. The molecule has 2 amide bonds. The first kappa shape index (κ1) is 16.9. The summed E-state index contributed by atoms with van der Waals surface area (Å²) in [7, 11) is 0. The summed E-state index contributed by atoms with van der Waals surface area (Å²) in [5.41, 5.74) is 0.806. The Morgan fingerprint density at radius 1 is 1.26 bits per heavy atom. The van der Waals surface area contributed by atoms with Crippen molar-refractivity contribution in [3.05, 3.63) is 47.9 Å². The van der Waals surface area contributed by atoms with Crippen LogP contribution in [-0.4, -0.2) is 40.0 Å². The zero-order chi connectivity index (χ0) is 16.8. The van der Waals surface area contributed by atoms with E-state index in [4.69, 9.17) is 9.84 Å². The highest BCUT2D eigenvalue weighted by atomic mass is 16.5. The molecule has 0 aliphatic carbocycles. The van der Waals surface area contributed by atoms with Gasteiger partial charge in [-0.2, -0.15) is 0 Å². The van der Waals surface area contributed by atoms with Gasteiger partial charge in [-0.05, 0) is 25.0 Å². The van der Waals surface area contributed by atoms with Crippen molar-refractivity contribution in [1.29, 1.82) is 0 Å². The standard InChI is InChI=1S/C17H22N2O4/c1-3-8-18(9-4-2)17(22)19-10-11-23-15(19)13-6-5-7-14(12-13)16(20)21/h5-7,10-12,15H,3-4,8-9H2,1-2H3,(H,20,21). The number of urea groups is 1. The number of hydrogen-bond donors (Lipinski definition) is 1. The predicted octanol–water partition coefficient (Wildman–Crippen LogP) is 3.43. The fraction of sp³-hybridized carbons (Fsp3) is 0.412. The second-order valence-electron chi connectivity index (χ2n) is 5.38. The van der Waals surface area contributed by atoms with Crippen LogP contribution in [-0.2, 0) is 4.74 Å². The molecular formula is C17H22N2O4. The lowest BCUT2D eigenvalue weighted by molar-refractivity contribution is 0.0602. The molecule has 2 rings (SSSR count). The average molecular weight is 318 g/mol. The zero-order valence-electron chi connectivity index (χ0n) is 13.4. The SMILES string of the molecule is CCCN(CCC)C(=O)N1C=COC1c1cccc(C(=O)O)c1. The third-order valence-corrected chi connectivity index (χ3v) is 3.58. The van der Waals surface area contributed by atoms with Crippen LogP contribution in [0.3, 0.4) is 0 Å². The maximum absolute atomic E-state index is 12.7. The van der Waals surface area contributed by atoms with Gasteiger partial charge in [0.15, 0.2) is 0 Å². The predicted molar refractivity (Wildman–Crippen MR) is 85.8 cm³/mol. The van der Waals surface area contributed by atoms with Gasteiger partial charge in [-0.3, -0.25) is 4.90 Å². The first-order valence-electron chi connectivity index (χ1n) is 7.81. The van der Waals surface area contributed by atoms with Crippen molar-refractivity contribution in [2.24, 2.45) is 0 Å². The van der Waals surface area contributed by atoms with Gasteiger partial charge in [-0.25, -0.2) is 9.59 Å². The fourth-order valence-electron chi connectivity index (χ4n) is 2.55. The van der Waals surface area contributed by atoms with E-state index in [-0.39, 0.29) is 11.6 Å². The Morgan fingerprint density at radius 2 is 1.96 bits per heavy atom. The zero-order valence-corrected chi connectivity index (χ0v) is 13.4. The Labute approximate surface area is 136 Å². The third kappa shape index (κ3) is 3.83. The summed E-state index contributed by atoms with van der Waals surface area (Å²) >= 11 is 0. The number of aromatic carboxylic acids is 1. The first-order valence-corrected chi connectivity index (χ1v) is 7.81. The van der Waals surface area contributed by atoms with Crippen molar-refractivity contribution >= 4 is 12.0 Å². The molecule has 0 fully saturated rings. The van der Waals surface area contributed by atoms with Gasteiger partial charge in [-0.15, -0.1) is 0 Å². The van der Waals surface area contributed by atoms with Crippen LogP contribution in [0.15, 0.2) is 36.7 Å². The van der Waals surface area contributed by atoms with Gasteiger partial charge < -0.3 is 14.7 Å². The minimum absolute atomic E-state index is 0.131. The fourth-order valence-corrected chi connectivity index (χ4v) is 2.55. The molecular weight excluding hydrogens is 296 g/mol. The molecule has 1 unspecified atom stereocenters. The summed E-state index contributed by atoms with van der Waals surface area (Å²) in [6.45, 7) is 5.41. The largest absolute Gasteiger partial charge is 0.478 e. The molecule has 23 heavy (non-hydrogen) atoms. The molecule has 0 spiro atoms. The molecule has 0 saturated carbocycles. The molecule has 6 heteroatoms. The van der Waals surface area contributed by atoms with Crippen LogP contribution in [0.1, 0.15) is 48.8 Å². The van der Waals surface area contributed by atoms with Gasteiger partial charge in [0.1, 0.15) is 6.26 Å². The Balaban J connectivity index is 2.21. The van der Waals surface area contributed by atoms with Gasteiger partial charge in [0, 0.05) is 24.9 Å². The molecule has 1 aromatic rings. The summed E-state index contributed by atoms with van der Waals surface area (Å²) in [4.78, 5) is 27.1. The van der Waals surface area contributed by atoms with E-state index in [1.807, 2.05) is 13.8 Å². The number of nitrogens with zero attached hydrogens (tertiary/aromatic N) is 2. The number of carboxylic acids is 1. The summed E-state index contributed by atoms with van der Waals surface area (Å²) in [5.74, 6) is -1.01. The number of rotatable bonds is 6. The van der Waals surface area contributed by atoms with Crippen molar-refractivity contribution in [3.8, 4) is 0 Å². The van der Waals surface area contributed by atoms with Crippen molar-refractivity contribution in [2.45, 2.75) is 32.9 Å². The van der Waals surface area contributed by atoms with Crippen molar-refractivity contribution < 1.29 is 19.4 Å². The van der Waals surface area contributed by atoms with Crippen molar-refractivity contribution in [2.75, 3.05) is 13.1 Å². The summed E-state index contributed by atoms with van der Waals surface area (Å²) in [5, 5.41) is 9.11. The maximum atomic E-state index is 12.7. The molecule has 1 heterocycles. The van der Waals surface area contributed by atoms with Gasteiger partial charge in [0.2, 0.25) is 6.23 Å². The first-order chi connectivity index (χ1) is 11.1. The maximum Gasteiger partial charge on any atom is 0.335 e. The van der Waals surface area contributed by atoms with E-state index >= 15 is 0 Å². The van der Waals surface area contributed by atoms with Crippen molar-refractivity contribution in [3.63, 3.8) is 0 Å². The molecule has 0 bridgehead atoms. The molecule has 1 N–H and O–H groups in total. The number of amides is 2. The van der Waals surface area contributed by atoms with Crippen LogP contribution in [0.5, 0.6) is 0 Å².